The minimum absolute atomic E-state index is 0.0582. The van der Waals surface area contributed by atoms with Crippen LogP contribution in [0.25, 0.3) is 5.69 Å². The van der Waals surface area contributed by atoms with E-state index in [2.05, 4.69) is 34.4 Å². The van der Waals surface area contributed by atoms with Crippen LogP contribution < -0.4 is 20.5 Å². The molecule has 0 saturated carbocycles. The molecule has 26 heavy (non-hydrogen) atoms. The number of halogens is 1. The lowest BCUT2D eigenvalue weighted by molar-refractivity contribution is 0.258. The highest BCUT2D eigenvalue weighted by molar-refractivity contribution is 6.30. The van der Waals surface area contributed by atoms with Gasteiger partial charge in [-0.2, -0.15) is 9.78 Å². The molecule has 1 aliphatic carbocycles. The van der Waals surface area contributed by atoms with Gasteiger partial charge in [0.2, 0.25) is 5.75 Å². The van der Waals surface area contributed by atoms with Gasteiger partial charge in [-0.25, -0.2) is 0 Å². The lowest BCUT2D eigenvalue weighted by Gasteiger charge is -2.30. The van der Waals surface area contributed by atoms with Crippen LogP contribution in [0.2, 0.25) is 5.02 Å². The zero-order valence-corrected chi connectivity index (χ0v) is 15.4. The summed E-state index contributed by atoms with van der Waals surface area (Å²) in [6.45, 7) is 5.89. The zero-order chi connectivity index (χ0) is 18.1. The van der Waals surface area contributed by atoms with Gasteiger partial charge in [0.15, 0.2) is 0 Å². The molecule has 0 unspecified atom stereocenters. The number of anilines is 1. The van der Waals surface area contributed by atoms with Gasteiger partial charge in [-0.1, -0.05) is 29.8 Å². The molecular formula is C19H21ClN4O2. The largest absolute Gasteiger partial charge is 0.485 e. The van der Waals surface area contributed by atoms with Gasteiger partial charge in [0.1, 0.15) is 12.3 Å². The fraction of sp³-hybridized carbons (Fsp3) is 0.368. The first kappa shape index (κ1) is 17.1. The summed E-state index contributed by atoms with van der Waals surface area (Å²) in [5.74, 6) is 0.344. The average Bonchev–Trinajstić information content (AvgIpc) is 3.39. The molecule has 6 nitrogen and oxygen atoms in total. The molecule has 0 spiro atoms. The zero-order valence-electron chi connectivity index (χ0n) is 14.6. The van der Waals surface area contributed by atoms with E-state index in [1.807, 2.05) is 0 Å². The number of nitrogens with one attached hydrogen (secondary N) is 1. The molecule has 1 N–H and O–H groups in total. The number of nitrogens with zero attached hydrogens (tertiary/aromatic N) is 3. The topological polar surface area (TPSA) is 59.4 Å². The number of hydrogen-bond donors (Lipinski definition) is 1. The molecule has 1 fully saturated rings. The first-order valence-electron chi connectivity index (χ1n) is 8.73. The molecule has 1 aromatic heterocycles. The van der Waals surface area contributed by atoms with Crippen LogP contribution in [0.5, 0.6) is 5.75 Å². The number of benzene rings is 1. The Morgan fingerprint density at radius 3 is 2.77 bits per heavy atom. The van der Waals surface area contributed by atoms with Gasteiger partial charge < -0.3 is 15.0 Å². The highest BCUT2D eigenvalue weighted by atomic mass is 35.5. The Bertz CT molecular complexity index is 897. The standard InChI is InChI=1S/C19H21ClN4O2/c1-19(5-6-19)13-26-17-16(23-9-7-21-8-10-23)12-22-24(18(17)25)15-4-2-3-14(20)11-15/h2-6,11-12,21H,7-10,13H2,1H3. The lowest BCUT2D eigenvalue weighted by atomic mass is 10.1. The van der Waals surface area contributed by atoms with E-state index in [1.54, 1.807) is 30.5 Å². The van der Waals surface area contributed by atoms with Crippen LogP contribution >= 0.6 is 11.6 Å². The Morgan fingerprint density at radius 1 is 1.31 bits per heavy atom. The number of hydrogen-bond acceptors (Lipinski definition) is 5. The van der Waals surface area contributed by atoms with Gasteiger partial charge in [-0.3, -0.25) is 4.79 Å². The van der Waals surface area contributed by atoms with E-state index in [-0.39, 0.29) is 11.0 Å². The van der Waals surface area contributed by atoms with Crippen molar-refractivity contribution in [2.24, 2.45) is 5.41 Å². The van der Waals surface area contributed by atoms with E-state index in [0.29, 0.717) is 23.1 Å². The van der Waals surface area contributed by atoms with Crippen molar-refractivity contribution in [3.8, 4) is 11.4 Å². The summed E-state index contributed by atoms with van der Waals surface area (Å²) in [5.41, 5.74) is 1.04. The van der Waals surface area contributed by atoms with Crippen LogP contribution in [0, 0.1) is 5.41 Å². The van der Waals surface area contributed by atoms with Crippen LogP contribution in [-0.2, 0) is 0 Å². The third-order valence-corrected chi connectivity index (χ3v) is 4.92. The molecular weight excluding hydrogens is 352 g/mol. The summed E-state index contributed by atoms with van der Waals surface area (Å²) in [6.07, 6.45) is 5.87. The van der Waals surface area contributed by atoms with Crippen molar-refractivity contribution in [3.63, 3.8) is 0 Å². The van der Waals surface area contributed by atoms with Gasteiger partial charge in [0, 0.05) is 36.6 Å². The predicted molar refractivity (Wildman–Crippen MR) is 103 cm³/mol. The molecule has 2 aliphatic rings. The van der Waals surface area contributed by atoms with E-state index in [4.69, 9.17) is 16.3 Å². The summed E-state index contributed by atoms with van der Waals surface area (Å²) in [7, 11) is 0. The molecule has 0 atom stereocenters. The Hall–Kier alpha value is -2.31. The van der Waals surface area contributed by atoms with E-state index in [0.717, 1.165) is 31.9 Å². The average molecular weight is 373 g/mol. The monoisotopic (exact) mass is 372 g/mol. The smallest absolute Gasteiger partial charge is 0.316 e. The van der Waals surface area contributed by atoms with Crippen LogP contribution in [0.4, 0.5) is 5.69 Å². The summed E-state index contributed by atoms with van der Waals surface area (Å²) in [6, 6.07) is 7.08. The first-order valence-corrected chi connectivity index (χ1v) is 9.11. The second-order valence-corrected chi connectivity index (χ2v) is 7.36. The highest BCUT2D eigenvalue weighted by Gasteiger charge is 2.30. The number of piperazine rings is 1. The minimum Gasteiger partial charge on any atom is -0.485 e. The van der Waals surface area contributed by atoms with Crippen LogP contribution in [0.1, 0.15) is 6.92 Å². The maximum atomic E-state index is 13.2. The Morgan fingerprint density at radius 2 is 2.08 bits per heavy atom. The summed E-state index contributed by atoms with van der Waals surface area (Å²) in [4.78, 5) is 15.3. The van der Waals surface area contributed by atoms with Crippen molar-refractivity contribution >= 4 is 17.3 Å². The van der Waals surface area contributed by atoms with Crippen LogP contribution in [0.15, 0.2) is 47.4 Å². The molecule has 2 aromatic rings. The minimum atomic E-state index is -0.271. The van der Waals surface area contributed by atoms with Gasteiger partial charge in [0.05, 0.1) is 11.9 Å². The fourth-order valence-corrected chi connectivity index (χ4v) is 3.14. The number of aromatic nitrogens is 2. The van der Waals surface area contributed by atoms with Crippen molar-refractivity contribution in [3.05, 3.63) is 58.0 Å². The molecule has 2 heterocycles. The Balaban J connectivity index is 1.74. The Kier molecular flexibility index (Phi) is 4.46. The second-order valence-electron chi connectivity index (χ2n) is 6.92. The van der Waals surface area contributed by atoms with E-state index in [9.17, 15) is 4.79 Å². The fourth-order valence-electron chi connectivity index (χ4n) is 2.95. The molecule has 0 bridgehead atoms. The highest BCUT2D eigenvalue weighted by Crippen LogP contribution is 2.35. The van der Waals surface area contributed by atoms with Crippen molar-refractivity contribution in [2.45, 2.75) is 6.92 Å². The van der Waals surface area contributed by atoms with Gasteiger partial charge >= 0.3 is 5.56 Å². The molecule has 0 amide bonds. The maximum absolute atomic E-state index is 13.2. The van der Waals surface area contributed by atoms with E-state index < -0.39 is 0 Å². The second kappa shape index (κ2) is 6.78. The van der Waals surface area contributed by atoms with Gasteiger partial charge in [-0.15, -0.1) is 0 Å². The predicted octanol–water partition coefficient (Wildman–Crippen LogP) is 2.25. The molecule has 136 valence electrons. The quantitative estimate of drug-likeness (QED) is 0.816. The number of ether oxygens (including phenoxy) is 1. The molecule has 1 aromatic carbocycles. The lowest BCUT2D eigenvalue weighted by Crippen LogP contribution is -2.44. The molecule has 0 radical (unpaired) electrons. The van der Waals surface area contributed by atoms with E-state index in [1.165, 1.54) is 4.68 Å². The normalized spacial score (nSPS) is 18.0. The van der Waals surface area contributed by atoms with Gasteiger partial charge in [-0.05, 0) is 25.1 Å². The first-order chi connectivity index (χ1) is 12.6. The SMILES string of the molecule is CC1(COc2c(N3CCNCC3)cnn(-c3cccc(Cl)c3)c2=O)C=C1. The van der Waals surface area contributed by atoms with Gasteiger partial charge in [0.25, 0.3) is 0 Å². The Labute approximate surface area is 157 Å². The van der Waals surface area contributed by atoms with E-state index >= 15 is 0 Å². The third kappa shape index (κ3) is 3.48. The molecule has 1 aliphatic heterocycles. The van der Waals surface area contributed by atoms with Crippen molar-refractivity contribution in [1.82, 2.24) is 15.1 Å². The third-order valence-electron chi connectivity index (χ3n) is 4.69. The summed E-state index contributed by atoms with van der Waals surface area (Å²) in [5, 5.41) is 8.25. The van der Waals surface area contributed by atoms with Crippen molar-refractivity contribution in [2.75, 3.05) is 37.7 Å². The number of rotatable bonds is 5. The molecule has 4 rings (SSSR count). The molecule has 1 saturated heterocycles. The van der Waals surface area contributed by atoms with Crippen LogP contribution in [-0.4, -0.2) is 42.6 Å². The van der Waals surface area contributed by atoms with Crippen molar-refractivity contribution < 1.29 is 4.74 Å². The van der Waals surface area contributed by atoms with Crippen molar-refractivity contribution in [1.29, 1.82) is 0 Å². The summed E-state index contributed by atoms with van der Waals surface area (Å²) >= 11 is 6.07. The van der Waals surface area contributed by atoms with Crippen LogP contribution in [0.3, 0.4) is 0 Å². The maximum Gasteiger partial charge on any atom is 0.316 e. The molecule has 7 heteroatoms. The summed E-state index contributed by atoms with van der Waals surface area (Å²) < 4.78 is 7.35.